The highest BCUT2D eigenvalue weighted by Gasteiger charge is 2.60. The first-order chi connectivity index (χ1) is 16.6. The van der Waals surface area contributed by atoms with Crippen molar-refractivity contribution in [3.63, 3.8) is 0 Å². The van der Waals surface area contributed by atoms with Crippen LogP contribution in [0.2, 0.25) is 0 Å². The summed E-state index contributed by atoms with van der Waals surface area (Å²) in [4.78, 5) is 14.1. The first kappa shape index (κ1) is 24.5. The van der Waals surface area contributed by atoms with E-state index in [-0.39, 0.29) is 35.7 Å². The summed E-state index contributed by atoms with van der Waals surface area (Å²) >= 11 is 0. The first-order valence-electron chi connectivity index (χ1n) is 12.9. The predicted octanol–water partition coefficient (Wildman–Crippen LogP) is 4.79. The first-order valence-corrected chi connectivity index (χ1v) is 12.9. The zero-order valence-corrected chi connectivity index (χ0v) is 21.5. The van der Waals surface area contributed by atoms with Crippen molar-refractivity contribution in [1.82, 2.24) is 0 Å². The van der Waals surface area contributed by atoms with Gasteiger partial charge in [-0.15, -0.1) is 0 Å². The molecule has 2 saturated heterocycles. The standard InChI is InChI=1S/C29H39NO5/c1-18-6-13-24-28(2,22(18)12-11-21-23(31)16-33-26(21)32)15-14-25-29(24,3)17-34-27(35-25)19-7-9-20(10-8-19)30(4)5/h7-11,22-25,27,31H,1,6,12-17H2,2-5H3/b21-11+. The molecule has 0 radical (unpaired) electrons. The molecule has 0 aromatic heterocycles. The molecule has 2 saturated carbocycles. The van der Waals surface area contributed by atoms with Crippen molar-refractivity contribution in [2.24, 2.45) is 22.7 Å². The van der Waals surface area contributed by atoms with Crippen LogP contribution in [0.25, 0.3) is 0 Å². The summed E-state index contributed by atoms with van der Waals surface area (Å²) < 4.78 is 18.1. The SMILES string of the molecule is C=C1CCC2C3(C)COC(c4ccc(N(C)C)cc4)OC3CCC2(C)C1C/C=C1/C(=O)OCC1O. The predicted molar refractivity (Wildman–Crippen MR) is 135 cm³/mol. The molecule has 5 rings (SSSR count). The van der Waals surface area contributed by atoms with Gasteiger partial charge in [-0.25, -0.2) is 4.79 Å². The van der Waals surface area contributed by atoms with Crippen molar-refractivity contribution in [2.45, 2.75) is 64.4 Å². The molecule has 190 valence electrons. The Bertz CT molecular complexity index is 1020. The number of esters is 1. The molecule has 2 aliphatic carbocycles. The lowest BCUT2D eigenvalue weighted by Gasteiger charge is -2.62. The number of carbonyl (C=O) groups is 1. The van der Waals surface area contributed by atoms with Crippen LogP contribution in [0.5, 0.6) is 0 Å². The number of cyclic esters (lactones) is 1. The molecule has 2 aliphatic heterocycles. The van der Waals surface area contributed by atoms with Crippen LogP contribution in [0.3, 0.4) is 0 Å². The van der Waals surface area contributed by atoms with E-state index in [9.17, 15) is 9.90 Å². The van der Waals surface area contributed by atoms with Gasteiger partial charge in [0.1, 0.15) is 12.7 Å². The zero-order valence-electron chi connectivity index (χ0n) is 21.5. The summed E-state index contributed by atoms with van der Waals surface area (Å²) in [7, 11) is 4.08. The number of aliphatic hydroxyl groups excluding tert-OH is 1. The fraction of sp³-hybridized carbons (Fsp3) is 0.621. The number of ether oxygens (including phenoxy) is 3. The molecule has 35 heavy (non-hydrogen) atoms. The minimum Gasteiger partial charge on any atom is -0.459 e. The number of fused-ring (bicyclic) bond motifs is 3. The Morgan fingerprint density at radius 2 is 1.91 bits per heavy atom. The maximum Gasteiger partial charge on any atom is 0.336 e. The zero-order chi connectivity index (χ0) is 25.0. The van der Waals surface area contributed by atoms with Crippen molar-refractivity contribution in [3.05, 3.63) is 53.6 Å². The van der Waals surface area contributed by atoms with Crippen LogP contribution in [0.15, 0.2) is 48.1 Å². The van der Waals surface area contributed by atoms with Gasteiger partial charge in [0, 0.05) is 30.8 Å². The third-order valence-corrected chi connectivity index (χ3v) is 9.37. The smallest absolute Gasteiger partial charge is 0.336 e. The topological polar surface area (TPSA) is 68.2 Å². The molecule has 1 aromatic rings. The van der Waals surface area contributed by atoms with Crippen LogP contribution in [0.4, 0.5) is 5.69 Å². The molecule has 0 amide bonds. The van der Waals surface area contributed by atoms with Crippen molar-refractivity contribution in [2.75, 3.05) is 32.2 Å². The van der Waals surface area contributed by atoms with Crippen molar-refractivity contribution >= 4 is 11.7 Å². The van der Waals surface area contributed by atoms with E-state index < -0.39 is 12.1 Å². The van der Waals surface area contributed by atoms with Gasteiger partial charge in [-0.2, -0.15) is 0 Å². The molecule has 1 N–H and O–H groups in total. The minimum absolute atomic E-state index is 0.0397. The van der Waals surface area contributed by atoms with E-state index in [0.717, 1.165) is 36.9 Å². The summed E-state index contributed by atoms with van der Waals surface area (Å²) in [5.41, 5.74) is 3.83. The lowest BCUT2D eigenvalue weighted by molar-refractivity contribution is -0.307. The summed E-state index contributed by atoms with van der Waals surface area (Å²) in [6.45, 7) is 9.90. The van der Waals surface area contributed by atoms with Crippen molar-refractivity contribution in [1.29, 1.82) is 0 Å². The largest absolute Gasteiger partial charge is 0.459 e. The minimum atomic E-state index is -0.819. The maximum absolute atomic E-state index is 12.0. The summed E-state index contributed by atoms with van der Waals surface area (Å²) in [5.74, 6) is 0.290. The second-order valence-corrected chi connectivity index (χ2v) is 11.6. The average Bonchev–Trinajstić information content (AvgIpc) is 3.15. The van der Waals surface area contributed by atoms with Crippen LogP contribution < -0.4 is 4.90 Å². The average molecular weight is 482 g/mol. The molecule has 4 aliphatic rings. The second kappa shape index (κ2) is 9.06. The third kappa shape index (κ3) is 4.13. The number of rotatable bonds is 4. The summed E-state index contributed by atoms with van der Waals surface area (Å²) in [5, 5.41) is 10.1. The Kier molecular flexibility index (Phi) is 6.35. The molecule has 2 heterocycles. The normalized spacial score (nSPS) is 40.3. The van der Waals surface area contributed by atoms with Gasteiger partial charge in [0.2, 0.25) is 0 Å². The van der Waals surface area contributed by atoms with Gasteiger partial charge in [-0.3, -0.25) is 0 Å². The summed E-state index contributed by atoms with van der Waals surface area (Å²) in [6.07, 6.45) is 5.67. The van der Waals surface area contributed by atoms with E-state index in [1.54, 1.807) is 0 Å². The monoisotopic (exact) mass is 481 g/mol. The van der Waals surface area contributed by atoms with Crippen LogP contribution in [0, 0.1) is 22.7 Å². The van der Waals surface area contributed by atoms with Crippen LogP contribution in [-0.2, 0) is 19.0 Å². The number of hydrogen-bond acceptors (Lipinski definition) is 6. The lowest BCUT2D eigenvalue weighted by Crippen LogP contribution is -2.60. The quantitative estimate of drug-likeness (QED) is 0.379. The summed E-state index contributed by atoms with van der Waals surface area (Å²) in [6, 6.07) is 8.42. The number of anilines is 1. The molecular weight excluding hydrogens is 442 g/mol. The van der Waals surface area contributed by atoms with E-state index >= 15 is 0 Å². The van der Waals surface area contributed by atoms with Gasteiger partial charge in [0.15, 0.2) is 6.29 Å². The fourth-order valence-corrected chi connectivity index (χ4v) is 7.30. The van der Waals surface area contributed by atoms with Gasteiger partial charge < -0.3 is 24.2 Å². The highest BCUT2D eigenvalue weighted by molar-refractivity contribution is 5.91. The second-order valence-electron chi connectivity index (χ2n) is 11.6. The van der Waals surface area contributed by atoms with Crippen molar-refractivity contribution < 1.29 is 24.1 Å². The Labute approximate surface area is 208 Å². The van der Waals surface area contributed by atoms with Gasteiger partial charge in [-0.05, 0) is 61.5 Å². The highest BCUT2D eigenvalue weighted by Crippen LogP contribution is 2.63. The number of allylic oxidation sites excluding steroid dienone is 2. The van der Waals surface area contributed by atoms with Crippen LogP contribution in [0.1, 0.15) is 57.8 Å². The Morgan fingerprint density at radius 3 is 2.57 bits per heavy atom. The Hall–Kier alpha value is -2.15. The Morgan fingerprint density at radius 1 is 1.17 bits per heavy atom. The number of nitrogens with zero attached hydrogens (tertiary/aromatic N) is 1. The van der Waals surface area contributed by atoms with Gasteiger partial charge in [-0.1, -0.05) is 44.2 Å². The molecule has 0 spiro atoms. The number of carbonyl (C=O) groups excluding carboxylic acids is 1. The van der Waals surface area contributed by atoms with Gasteiger partial charge in [0.05, 0.1) is 18.3 Å². The van der Waals surface area contributed by atoms with E-state index in [0.29, 0.717) is 24.5 Å². The van der Waals surface area contributed by atoms with Gasteiger partial charge >= 0.3 is 5.97 Å². The number of aliphatic hydroxyl groups is 1. The molecule has 4 fully saturated rings. The van der Waals surface area contributed by atoms with Crippen LogP contribution >= 0.6 is 0 Å². The Balaban J connectivity index is 1.34. The van der Waals surface area contributed by atoms with Crippen molar-refractivity contribution in [3.8, 4) is 0 Å². The maximum atomic E-state index is 12.0. The van der Waals surface area contributed by atoms with Gasteiger partial charge in [0.25, 0.3) is 0 Å². The molecule has 1 aromatic carbocycles. The number of hydrogen-bond donors (Lipinski definition) is 1. The van der Waals surface area contributed by atoms with E-state index in [1.807, 2.05) is 20.2 Å². The van der Waals surface area contributed by atoms with E-state index in [2.05, 4.69) is 49.6 Å². The molecular formula is C29H39NO5. The fourth-order valence-electron chi connectivity index (χ4n) is 7.30. The molecule has 6 nitrogen and oxygen atoms in total. The van der Waals surface area contributed by atoms with E-state index in [4.69, 9.17) is 14.2 Å². The lowest BCUT2D eigenvalue weighted by atomic mass is 9.46. The van der Waals surface area contributed by atoms with E-state index in [1.165, 1.54) is 5.57 Å². The molecule has 0 bridgehead atoms. The van der Waals surface area contributed by atoms with Crippen LogP contribution in [-0.4, -0.2) is 50.6 Å². The third-order valence-electron chi connectivity index (χ3n) is 9.37. The molecule has 6 heteroatoms. The molecule has 7 atom stereocenters. The molecule has 7 unspecified atom stereocenters. The highest BCUT2D eigenvalue weighted by atomic mass is 16.7. The number of benzene rings is 1.